The number of carboxylic acid groups (broad SMARTS) is 1. The summed E-state index contributed by atoms with van der Waals surface area (Å²) in [6, 6.07) is 13.1. The third-order valence-electron chi connectivity index (χ3n) is 2.74. The Bertz CT molecular complexity index is 656. The molecule has 2 aromatic rings. The summed E-state index contributed by atoms with van der Waals surface area (Å²) in [5.41, 5.74) is 0.860. The maximum Gasteiger partial charge on any atom is 0.339 e. The Labute approximate surface area is 121 Å². The van der Waals surface area contributed by atoms with Gasteiger partial charge >= 0.3 is 5.97 Å². The van der Waals surface area contributed by atoms with Crippen LogP contribution < -0.4 is 10.6 Å². The van der Waals surface area contributed by atoms with Crippen molar-refractivity contribution in [3.8, 4) is 5.75 Å². The van der Waals surface area contributed by atoms with Gasteiger partial charge in [0.2, 0.25) is 5.91 Å². The minimum atomic E-state index is -1.26. The van der Waals surface area contributed by atoms with Gasteiger partial charge in [-0.2, -0.15) is 0 Å². The molecule has 21 heavy (non-hydrogen) atoms. The van der Waals surface area contributed by atoms with E-state index in [2.05, 4.69) is 10.6 Å². The van der Waals surface area contributed by atoms with Crippen LogP contribution in [0.1, 0.15) is 10.4 Å². The second-order valence-electron chi connectivity index (χ2n) is 4.30. The summed E-state index contributed by atoms with van der Waals surface area (Å²) in [7, 11) is 0. The molecule has 6 nitrogen and oxygen atoms in total. The van der Waals surface area contributed by atoms with Crippen LogP contribution in [-0.2, 0) is 4.79 Å². The first kappa shape index (κ1) is 14.4. The first-order valence-corrected chi connectivity index (χ1v) is 6.21. The first-order chi connectivity index (χ1) is 10.1. The molecule has 0 radical (unpaired) electrons. The number of para-hydroxylation sites is 1. The molecule has 4 N–H and O–H groups in total. The van der Waals surface area contributed by atoms with Crippen molar-refractivity contribution in [2.75, 3.05) is 17.2 Å². The molecule has 0 unspecified atom stereocenters. The minimum absolute atomic E-state index is 0.0489. The Morgan fingerprint density at radius 3 is 2.38 bits per heavy atom. The number of rotatable bonds is 5. The summed E-state index contributed by atoms with van der Waals surface area (Å²) in [5, 5.41) is 23.8. The number of anilines is 2. The minimum Gasteiger partial charge on any atom is -0.507 e. The summed E-state index contributed by atoms with van der Waals surface area (Å²) in [5.74, 6) is -1.92. The lowest BCUT2D eigenvalue weighted by molar-refractivity contribution is -0.114. The van der Waals surface area contributed by atoms with E-state index in [1.54, 1.807) is 0 Å². The number of nitrogens with one attached hydrogen (secondary N) is 2. The molecule has 6 heteroatoms. The second-order valence-corrected chi connectivity index (χ2v) is 4.30. The average molecular weight is 286 g/mol. The van der Waals surface area contributed by atoms with E-state index >= 15 is 0 Å². The van der Waals surface area contributed by atoms with E-state index in [0.29, 0.717) is 5.69 Å². The highest BCUT2D eigenvalue weighted by Crippen LogP contribution is 2.21. The lowest BCUT2D eigenvalue weighted by Gasteiger charge is -2.09. The van der Waals surface area contributed by atoms with Gasteiger partial charge in [0.15, 0.2) is 0 Å². The summed E-state index contributed by atoms with van der Waals surface area (Å²) < 4.78 is 0. The van der Waals surface area contributed by atoms with Crippen LogP contribution in [0.15, 0.2) is 48.5 Å². The predicted octanol–water partition coefficient (Wildman–Crippen LogP) is 2.14. The van der Waals surface area contributed by atoms with Crippen LogP contribution in [-0.4, -0.2) is 28.6 Å². The number of aromatic hydroxyl groups is 1. The summed E-state index contributed by atoms with van der Waals surface area (Å²) >= 11 is 0. The van der Waals surface area contributed by atoms with Crippen LogP contribution in [0.25, 0.3) is 0 Å². The van der Waals surface area contributed by atoms with E-state index < -0.39 is 5.97 Å². The van der Waals surface area contributed by atoms with E-state index in [4.69, 9.17) is 5.11 Å². The number of carbonyl (C=O) groups excluding carboxylic acids is 1. The molecule has 2 rings (SSSR count). The summed E-state index contributed by atoms with van der Waals surface area (Å²) in [6.45, 7) is 0.0489. The molecule has 0 aromatic heterocycles. The highest BCUT2D eigenvalue weighted by molar-refractivity contribution is 5.97. The van der Waals surface area contributed by atoms with Gasteiger partial charge in [0.25, 0.3) is 0 Å². The van der Waals surface area contributed by atoms with Crippen molar-refractivity contribution in [2.45, 2.75) is 0 Å². The van der Waals surface area contributed by atoms with Crippen LogP contribution in [0.2, 0.25) is 0 Å². The normalized spacial score (nSPS) is 9.90. The molecule has 0 aliphatic carbocycles. The molecular weight excluding hydrogens is 272 g/mol. The monoisotopic (exact) mass is 286 g/mol. The van der Waals surface area contributed by atoms with Crippen LogP contribution in [0, 0.1) is 0 Å². The van der Waals surface area contributed by atoms with Gasteiger partial charge in [-0.25, -0.2) is 4.79 Å². The average Bonchev–Trinajstić information content (AvgIpc) is 2.48. The second kappa shape index (κ2) is 6.42. The summed E-state index contributed by atoms with van der Waals surface area (Å²) in [6.07, 6.45) is 0. The number of phenols is 1. The van der Waals surface area contributed by atoms with E-state index in [1.165, 1.54) is 18.2 Å². The highest BCUT2D eigenvalue weighted by Gasteiger charge is 2.11. The van der Waals surface area contributed by atoms with Crippen molar-refractivity contribution >= 4 is 23.3 Å². The Hall–Kier alpha value is -3.02. The van der Waals surface area contributed by atoms with Gasteiger partial charge in [-0.05, 0) is 30.3 Å². The SMILES string of the molecule is O=C(CNc1ccccc1)Nc1ccc(O)c(C(=O)O)c1. The molecule has 0 bridgehead atoms. The van der Waals surface area contributed by atoms with Crippen molar-refractivity contribution in [1.29, 1.82) is 0 Å². The molecule has 0 fully saturated rings. The van der Waals surface area contributed by atoms with Gasteiger partial charge in [-0.15, -0.1) is 0 Å². The molecule has 0 atom stereocenters. The van der Waals surface area contributed by atoms with Crippen LogP contribution in [0.3, 0.4) is 0 Å². The first-order valence-electron chi connectivity index (χ1n) is 6.21. The molecular formula is C15H14N2O4. The standard InChI is InChI=1S/C15H14N2O4/c18-13-7-6-11(8-12(13)15(20)21)17-14(19)9-16-10-4-2-1-3-5-10/h1-8,16,18H,9H2,(H,17,19)(H,20,21). The third kappa shape index (κ3) is 3.97. The number of carbonyl (C=O) groups is 2. The molecule has 0 spiro atoms. The number of amides is 1. The van der Waals surface area contributed by atoms with Gasteiger partial charge in [0.05, 0.1) is 6.54 Å². The topological polar surface area (TPSA) is 98.7 Å². The highest BCUT2D eigenvalue weighted by atomic mass is 16.4. The van der Waals surface area contributed by atoms with Crippen LogP contribution in [0.4, 0.5) is 11.4 Å². The van der Waals surface area contributed by atoms with Gasteiger partial charge in [-0.1, -0.05) is 18.2 Å². The lowest BCUT2D eigenvalue weighted by Crippen LogP contribution is -2.21. The molecule has 0 saturated carbocycles. The lowest BCUT2D eigenvalue weighted by atomic mass is 10.2. The van der Waals surface area contributed by atoms with Crippen molar-refractivity contribution in [3.63, 3.8) is 0 Å². The van der Waals surface area contributed by atoms with E-state index in [9.17, 15) is 14.7 Å². The molecule has 0 aliphatic heterocycles. The number of benzene rings is 2. The molecule has 1 amide bonds. The maximum atomic E-state index is 11.8. The fraction of sp³-hybridized carbons (Fsp3) is 0.0667. The number of hydrogen-bond acceptors (Lipinski definition) is 4. The molecule has 0 aliphatic rings. The van der Waals surface area contributed by atoms with Crippen LogP contribution in [0.5, 0.6) is 5.75 Å². The van der Waals surface area contributed by atoms with Crippen LogP contribution >= 0.6 is 0 Å². The molecule has 2 aromatic carbocycles. The van der Waals surface area contributed by atoms with Gasteiger partial charge in [-0.3, -0.25) is 4.79 Å². The zero-order valence-corrected chi connectivity index (χ0v) is 11.0. The molecule has 0 saturated heterocycles. The zero-order chi connectivity index (χ0) is 15.2. The maximum absolute atomic E-state index is 11.8. The fourth-order valence-electron chi connectivity index (χ4n) is 1.73. The predicted molar refractivity (Wildman–Crippen MR) is 78.6 cm³/mol. The van der Waals surface area contributed by atoms with Gasteiger partial charge in [0, 0.05) is 11.4 Å². The van der Waals surface area contributed by atoms with E-state index in [1.807, 2.05) is 30.3 Å². The third-order valence-corrected chi connectivity index (χ3v) is 2.74. The van der Waals surface area contributed by atoms with Gasteiger partial charge < -0.3 is 20.8 Å². The number of carboxylic acids is 1. The largest absolute Gasteiger partial charge is 0.507 e. The molecule has 0 heterocycles. The van der Waals surface area contributed by atoms with Gasteiger partial charge in [0.1, 0.15) is 11.3 Å². The van der Waals surface area contributed by atoms with Crippen molar-refractivity contribution in [1.82, 2.24) is 0 Å². The van der Waals surface area contributed by atoms with Crippen molar-refractivity contribution in [3.05, 3.63) is 54.1 Å². The Kier molecular flexibility index (Phi) is 4.40. The molecule has 108 valence electrons. The Morgan fingerprint density at radius 1 is 1.00 bits per heavy atom. The van der Waals surface area contributed by atoms with E-state index in [0.717, 1.165) is 5.69 Å². The zero-order valence-electron chi connectivity index (χ0n) is 11.0. The smallest absolute Gasteiger partial charge is 0.339 e. The number of aromatic carboxylic acids is 1. The summed E-state index contributed by atoms with van der Waals surface area (Å²) in [4.78, 5) is 22.7. The number of hydrogen-bond donors (Lipinski definition) is 4. The quantitative estimate of drug-likeness (QED) is 0.631. The Morgan fingerprint density at radius 2 is 1.71 bits per heavy atom. The van der Waals surface area contributed by atoms with Crippen molar-refractivity contribution < 1.29 is 19.8 Å². The Balaban J connectivity index is 1.97. The van der Waals surface area contributed by atoms with Crippen molar-refractivity contribution in [2.24, 2.45) is 0 Å². The fourth-order valence-corrected chi connectivity index (χ4v) is 1.73. The van der Waals surface area contributed by atoms with E-state index in [-0.39, 0.29) is 23.8 Å².